The van der Waals surface area contributed by atoms with Gasteiger partial charge in [0, 0.05) is 32.7 Å². The van der Waals surface area contributed by atoms with Crippen LogP contribution in [0.25, 0.3) is 11.1 Å². The molecular weight excluding hydrogens is 522 g/mol. The molecule has 3 aromatic rings. The largest absolute Gasteiger partial charge is 0.444 e. The number of rotatable bonds is 9. The first kappa shape index (κ1) is 29.7. The van der Waals surface area contributed by atoms with Gasteiger partial charge in [0.15, 0.2) is 0 Å². The summed E-state index contributed by atoms with van der Waals surface area (Å²) >= 11 is 0. The van der Waals surface area contributed by atoms with Gasteiger partial charge in [0.25, 0.3) is 0 Å². The zero-order valence-corrected chi connectivity index (χ0v) is 24.1. The SMILES string of the molecule is Cc1c(CNc2ncc([N+](=O)[O-])c(NCC3CCN(C(=O)OC(C)(C)C)CC3)n2)cccc1-c1cccc(CN)c1. The number of hydrogen-bond donors (Lipinski definition) is 3. The van der Waals surface area contributed by atoms with Crippen molar-refractivity contribution < 1.29 is 14.5 Å². The molecule has 0 unspecified atom stereocenters. The van der Waals surface area contributed by atoms with Gasteiger partial charge < -0.3 is 26.0 Å². The van der Waals surface area contributed by atoms with Crippen LogP contribution in [0.5, 0.6) is 0 Å². The summed E-state index contributed by atoms with van der Waals surface area (Å²) in [7, 11) is 0. The van der Waals surface area contributed by atoms with Crippen molar-refractivity contribution in [3.05, 3.63) is 75.5 Å². The number of nitrogens with zero attached hydrogens (tertiary/aromatic N) is 4. The zero-order chi connectivity index (χ0) is 29.6. The second-order valence-electron chi connectivity index (χ2n) is 11.3. The summed E-state index contributed by atoms with van der Waals surface area (Å²) in [5.41, 5.74) is 10.6. The maximum absolute atomic E-state index is 12.3. The number of ether oxygens (including phenoxy) is 1. The number of likely N-dealkylation sites (tertiary alicyclic amines) is 1. The van der Waals surface area contributed by atoms with Gasteiger partial charge in [-0.05, 0) is 80.3 Å². The third-order valence-electron chi connectivity index (χ3n) is 7.15. The van der Waals surface area contributed by atoms with Crippen LogP contribution < -0.4 is 16.4 Å². The van der Waals surface area contributed by atoms with Gasteiger partial charge in [0.1, 0.15) is 11.8 Å². The van der Waals surface area contributed by atoms with Crippen molar-refractivity contribution in [1.29, 1.82) is 0 Å². The fourth-order valence-corrected chi connectivity index (χ4v) is 4.84. The monoisotopic (exact) mass is 561 g/mol. The molecule has 218 valence electrons. The van der Waals surface area contributed by atoms with Gasteiger partial charge in [-0.3, -0.25) is 10.1 Å². The second kappa shape index (κ2) is 12.9. The molecule has 0 radical (unpaired) electrons. The van der Waals surface area contributed by atoms with Crippen molar-refractivity contribution in [2.24, 2.45) is 11.7 Å². The van der Waals surface area contributed by atoms with Crippen LogP contribution in [-0.4, -0.2) is 51.1 Å². The second-order valence-corrected chi connectivity index (χ2v) is 11.3. The van der Waals surface area contributed by atoms with E-state index in [0.717, 1.165) is 40.7 Å². The fourth-order valence-electron chi connectivity index (χ4n) is 4.84. The number of anilines is 2. The summed E-state index contributed by atoms with van der Waals surface area (Å²) in [6, 6.07) is 14.3. The van der Waals surface area contributed by atoms with Gasteiger partial charge in [-0.25, -0.2) is 9.78 Å². The zero-order valence-electron chi connectivity index (χ0n) is 24.1. The molecule has 0 atom stereocenters. The lowest BCUT2D eigenvalue weighted by molar-refractivity contribution is -0.384. The highest BCUT2D eigenvalue weighted by molar-refractivity contribution is 5.69. The van der Waals surface area contributed by atoms with E-state index in [9.17, 15) is 14.9 Å². The molecule has 1 aliphatic rings. The Labute approximate surface area is 240 Å². The van der Waals surface area contributed by atoms with Crippen molar-refractivity contribution in [2.75, 3.05) is 30.3 Å². The molecule has 1 amide bonds. The smallest absolute Gasteiger partial charge is 0.410 e. The van der Waals surface area contributed by atoms with Crippen LogP contribution in [0.4, 0.5) is 22.2 Å². The Balaban J connectivity index is 1.39. The molecule has 1 aliphatic heterocycles. The van der Waals surface area contributed by atoms with Crippen LogP contribution in [-0.2, 0) is 17.8 Å². The average molecular weight is 562 g/mol. The van der Waals surface area contributed by atoms with Crippen LogP contribution in [0.2, 0.25) is 0 Å². The normalized spacial score (nSPS) is 14.0. The average Bonchev–Trinajstić information content (AvgIpc) is 2.95. The molecule has 4 N–H and O–H groups in total. The number of carbonyl (C=O) groups excluding carboxylic acids is 1. The molecule has 1 fully saturated rings. The van der Waals surface area contributed by atoms with Crippen LogP contribution in [0.3, 0.4) is 0 Å². The predicted octanol–water partition coefficient (Wildman–Crippen LogP) is 5.49. The number of carbonyl (C=O) groups is 1. The number of nitro groups is 1. The third-order valence-corrected chi connectivity index (χ3v) is 7.15. The first-order chi connectivity index (χ1) is 19.5. The lowest BCUT2D eigenvalue weighted by Gasteiger charge is -2.33. The minimum Gasteiger partial charge on any atom is -0.444 e. The summed E-state index contributed by atoms with van der Waals surface area (Å²) in [5.74, 6) is 0.710. The molecule has 0 aliphatic carbocycles. The molecule has 0 spiro atoms. The van der Waals surface area contributed by atoms with Crippen molar-refractivity contribution >= 4 is 23.5 Å². The van der Waals surface area contributed by atoms with Gasteiger partial charge in [0.2, 0.25) is 11.8 Å². The van der Waals surface area contributed by atoms with E-state index in [-0.39, 0.29) is 23.5 Å². The van der Waals surface area contributed by atoms with Gasteiger partial charge in [-0.1, -0.05) is 36.4 Å². The standard InChI is InChI=1S/C30H39N7O4/c1-20-24(9-6-10-25(20)23-8-5-7-22(15-23)16-31)18-33-28-34-19-26(37(39)40)27(35-28)32-17-21-11-13-36(14-12-21)29(38)41-30(2,3)4/h5-10,15,19,21H,11-14,16-18,31H2,1-4H3,(H2,32,33,34,35). The Kier molecular flexibility index (Phi) is 9.38. The fraction of sp³-hybridized carbons (Fsp3) is 0.433. The topological polar surface area (TPSA) is 149 Å². The first-order valence-electron chi connectivity index (χ1n) is 13.9. The summed E-state index contributed by atoms with van der Waals surface area (Å²) in [4.78, 5) is 33.8. The van der Waals surface area contributed by atoms with Crippen molar-refractivity contribution in [3.8, 4) is 11.1 Å². The predicted molar refractivity (Wildman–Crippen MR) is 160 cm³/mol. The van der Waals surface area contributed by atoms with E-state index in [4.69, 9.17) is 10.5 Å². The van der Waals surface area contributed by atoms with E-state index in [2.05, 4.69) is 45.7 Å². The van der Waals surface area contributed by atoms with E-state index in [1.807, 2.05) is 45.0 Å². The highest BCUT2D eigenvalue weighted by Gasteiger charge is 2.27. The lowest BCUT2D eigenvalue weighted by atomic mass is 9.95. The van der Waals surface area contributed by atoms with Gasteiger partial charge in [-0.2, -0.15) is 4.98 Å². The minimum absolute atomic E-state index is 0.172. The molecule has 4 rings (SSSR count). The summed E-state index contributed by atoms with van der Waals surface area (Å²) in [5, 5.41) is 18.0. The molecule has 11 nitrogen and oxygen atoms in total. The molecule has 2 aromatic carbocycles. The number of amides is 1. The maximum Gasteiger partial charge on any atom is 0.410 e. The van der Waals surface area contributed by atoms with E-state index in [0.29, 0.717) is 38.7 Å². The van der Waals surface area contributed by atoms with Gasteiger partial charge in [0.05, 0.1) is 4.92 Å². The van der Waals surface area contributed by atoms with Crippen molar-refractivity contribution in [2.45, 2.75) is 59.2 Å². The van der Waals surface area contributed by atoms with E-state index in [1.165, 1.54) is 6.20 Å². The Morgan fingerprint density at radius 1 is 1.17 bits per heavy atom. The number of benzene rings is 2. The number of hydrogen-bond acceptors (Lipinski definition) is 9. The summed E-state index contributed by atoms with van der Waals surface area (Å²) in [6.07, 6.45) is 2.45. The van der Waals surface area contributed by atoms with Crippen LogP contribution in [0.15, 0.2) is 48.7 Å². The highest BCUT2D eigenvalue weighted by atomic mass is 16.6. The van der Waals surface area contributed by atoms with Crippen LogP contribution in [0, 0.1) is 23.0 Å². The molecule has 1 saturated heterocycles. The Hall–Kier alpha value is -4.25. The Morgan fingerprint density at radius 2 is 1.90 bits per heavy atom. The molecule has 1 aromatic heterocycles. The molecule has 41 heavy (non-hydrogen) atoms. The molecule has 0 saturated carbocycles. The summed E-state index contributed by atoms with van der Waals surface area (Å²) in [6.45, 7) is 10.2. The minimum atomic E-state index is -0.537. The number of aromatic nitrogens is 2. The van der Waals surface area contributed by atoms with Crippen LogP contribution in [0.1, 0.15) is 50.3 Å². The highest BCUT2D eigenvalue weighted by Crippen LogP contribution is 2.28. The van der Waals surface area contributed by atoms with Crippen molar-refractivity contribution in [1.82, 2.24) is 14.9 Å². The first-order valence-corrected chi connectivity index (χ1v) is 13.9. The molecule has 2 heterocycles. The lowest BCUT2D eigenvalue weighted by Crippen LogP contribution is -2.42. The van der Waals surface area contributed by atoms with Gasteiger partial charge >= 0.3 is 11.8 Å². The number of nitrogens with one attached hydrogen (secondary N) is 2. The summed E-state index contributed by atoms with van der Waals surface area (Å²) < 4.78 is 5.47. The van der Waals surface area contributed by atoms with E-state index >= 15 is 0 Å². The van der Waals surface area contributed by atoms with Crippen molar-refractivity contribution in [3.63, 3.8) is 0 Å². The Morgan fingerprint density at radius 3 is 2.59 bits per heavy atom. The maximum atomic E-state index is 12.3. The van der Waals surface area contributed by atoms with Gasteiger partial charge in [-0.15, -0.1) is 0 Å². The van der Waals surface area contributed by atoms with E-state index in [1.54, 1.807) is 4.90 Å². The Bertz CT molecular complexity index is 1380. The molecular formula is C30H39N7O4. The van der Waals surface area contributed by atoms with Crippen LogP contribution >= 0.6 is 0 Å². The molecule has 0 bridgehead atoms. The molecule has 11 heteroatoms. The number of piperidine rings is 1. The quantitative estimate of drug-likeness (QED) is 0.228. The number of nitrogens with two attached hydrogens (primary N) is 1. The van der Waals surface area contributed by atoms with E-state index < -0.39 is 10.5 Å². The third kappa shape index (κ3) is 7.91.